The first-order chi connectivity index (χ1) is 6.55. The standard InChI is InChI=1S/C12H17O2/c1-3-12(2,14)9-11(13)10-7-5-4-6-8-10/h4-8,11,13-14H,1,3,9H2,2H3. The van der Waals surface area contributed by atoms with E-state index in [4.69, 9.17) is 0 Å². The number of aliphatic hydroxyl groups is 2. The van der Waals surface area contributed by atoms with Crippen molar-refractivity contribution in [3.63, 3.8) is 0 Å². The van der Waals surface area contributed by atoms with E-state index in [1.807, 2.05) is 30.3 Å². The van der Waals surface area contributed by atoms with E-state index in [1.54, 1.807) is 6.92 Å². The highest BCUT2D eigenvalue weighted by Gasteiger charge is 2.22. The molecule has 1 rings (SSSR count). The first kappa shape index (κ1) is 11.2. The van der Waals surface area contributed by atoms with E-state index in [2.05, 4.69) is 6.92 Å². The Kier molecular flexibility index (Phi) is 3.67. The quantitative estimate of drug-likeness (QED) is 0.768. The van der Waals surface area contributed by atoms with Crippen molar-refractivity contribution in [2.24, 2.45) is 0 Å². The van der Waals surface area contributed by atoms with Crippen LogP contribution in [0.25, 0.3) is 0 Å². The molecule has 0 spiro atoms. The Balaban J connectivity index is 2.64. The summed E-state index contributed by atoms with van der Waals surface area (Å²) in [5, 5.41) is 19.5. The molecule has 1 radical (unpaired) electrons. The van der Waals surface area contributed by atoms with Gasteiger partial charge in [-0.15, -0.1) is 0 Å². The van der Waals surface area contributed by atoms with Crippen molar-refractivity contribution in [3.8, 4) is 0 Å². The van der Waals surface area contributed by atoms with Gasteiger partial charge in [0.1, 0.15) is 0 Å². The molecule has 0 aromatic heterocycles. The summed E-state index contributed by atoms with van der Waals surface area (Å²) in [4.78, 5) is 0. The summed E-state index contributed by atoms with van der Waals surface area (Å²) in [6, 6.07) is 9.35. The molecule has 0 saturated heterocycles. The summed E-state index contributed by atoms with van der Waals surface area (Å²) in [5.41, 5.74) is -0.0591. The van der Waals surface area contributed by atoms with Crippen molar-refractivity contribution in [2.75, 3.05) is 0 Å². The van der Waals surface area contributed by atoms with Crippen LogP contribution < -0.4 is 0 Å². The minimum atomic E-state index is -0.894. The van der Waals surface area contributed by atoms with Crippen LogP contribution >= 0.6 is 0 Å². The predicted molar refractivity (Wildman–Crippen MR) is 56.6 cm³/mol. The maximum Gasteiger partial charge on any atom is 0.0817 e. The number of benzene rings is 1. The molecule has 0 aliphatic heterocycles. The van der Waals surface area contributed by atoms with E-state index in [1.165, 1.54) is 0 Å². The molecule has 14 heavy (non-hydrogen) atoms. The van der Waals surface area contributed by atoms with Gasteiger partial charge in [-0.3, -0.25) is 0 Å². The Morgan fingerprint density at radius 2 is 1.93 bits per heavy atom. The van der Waals surface area contributed by atoms with E-state index in [0.29, 0.717) is 12.8 Å². The molecule has 0 bridgehead atoms. The average Bonchev–Trinajstić information content (AvgIpc) is 2.19. The van der Waals surface area contributed by atoms with Crippen molar-refractivity contribution in [2.45, 2.75) is 31.5 Å². The second-order valence-electron chi connectivity index (χ2n) is 3.88. The first-order valence-electron chi connectivity index (χ1n) is 4.80. The van der Waals surface area contributed by atoms with Gasteiger partial charge < -0.3 is 10.2 Å². The number of rotatable bonds is 4. The fourth-order valence-electron chi connectivity index (χ4n) is 1.31. The van der Waals surface area contributed by atoms with Gasteiger partial charge in [0.25, 0.3) is 0 Å². The van der Waals surface area contributed by atoms with Crippen LogP contribution in [0.4, 0.5) is 0 Å². The maximum atomic E-state index is 9.80. The smallest absolute Gasteiger partial charge is 0.0817 e. The van der Waals surface area contributed by atoms with Crippen LogP contribution in [0.2, 0.25) is 0 Å². The molecule has 0 aliphatic carbocycles. The van der Waals surface area contributed by atoms with Gasteiger partial charge in [-0.05, 0) is 18.9 Å². The molecule has 0 fully saturated rings. The lowest BCUT2D eigenvalue weighted by molar-refractivity contribution is 0.00495. The summed E-state index contributed by atoms with van der Waals surface area (Å²) >= 11 is 0. The first-order valence-corrected chi connectivity index (χ1v) is 4.80. The van der Waals surface area contributed by atoms with Crippen LogP contribution in [-0.4, -0.2) is 15.8 Å². The fraction of sp³-hybridized carbons (Fsp3) is 0.417. The molecule has 2 heteroatoms. The minimum absolute atomic E-state index is 0.320. The van der Waals surface area contributed by atoms with Gasteiger partial charge in [0.05, 0.1) is 11.7 Å². The summed E-state index contributed by atoms with van der Waals surface area (Å²) in [6.07, 6.45) is 0.102. The molecular weight excluding hydrogens is 176 g/mol. The Morgan fingerprint density at radius 3 is 2.43 bits per heavy atom. The van der Waals surface area contributed by atoms with E-state index in [0.717, 1.165) is 5.56 Å². The van der Waals surface area contributed by atoms with Crippen LogP contribution in [-0.2, 0) is 0 Å². The van der Waals surface area contributed by atoms with Crippen molar-refractivity contribution >= 4 is 0 Å². The van der Waals surface area contributed by atoms with Crippen molar-refractivity contribution in [1.29, 1.82) is 0 Å². The summed E-state index contributed by atoms with van der Waals surface area (Å²) < 4.78 is 0. The van der Waals surface area contributed by atoms with Crippen LogP contribution in [0.1, 0.15) is 31.4 Å². The van der Waals surface area contributed by atoms with Crippen molar-refractivity contribution in [1.82, 2.24) is 0 Å². The maximum absolute atomic E-state index is 9.80. The molecule has 2 nitrogen and oxygen atoms in total. The molecule has 2 atom stereocenters. The molecule has 0 aliphatic rings. The lowest BCUT2D eigenvalue weighted by Crippen LogP contribution is -2.25. The highest BCUT2D eigenvalue weighted by Crippen LogP contribution is 2.25. The van der Waals surface area contributed by atoms with Gasteiger partial charge in [0, 0.05) is 6.42 Å². The topological polar surface area (TPSA) is 40.5 Å². The minimum Gasteiger partial charge on any atom is -0.390 e. The lowest BCUT2D eigenvalue weighted by atomic mass is 9.92. The highest BCUT2D eigenvalue weighted by atomic mass is 16.3. The van der Waals surface area contributed by atoms with E-state index in [9.17, 15) is 10.2 Å². The normalized spacial score (nSPS) is 17.4. The predicted octanol–water partition coefficient (Wildman–Crippen LogP) is 2.09. The van der Waals surface area contributed by atoms with Gasteiger partial charge in [-0.25, -0.2) is 0 Å². The van der Waals surface area contributed by atoms with Gasteiger partial charge in [-0.1, -0.05) is 37.3 Å². The SMILES string of the molecule is [CH2]CC(C)(O)CC(O)c1ccccc1. The second-order valence-corrected chi connectivity index (χ2v) is 3.88. The van der Waals surface area contributed by atoms with Crippen LogP contribution in [0, 0.1) is 6.92 Å². The zero-order valence-corrected chi connectivity index (χ0v) is 8.48. The molecule has 1 aromatic rings. The van der Waals surface area contributed by atoms with Crippen LogP contribution in [0.3, 0.4) is 0 Å². The zero-order valence-electron chi connectivity index (χ0n) is 8.48. The number of aliphatic hydroxyl groups excluding tert-OH is 1. The summed E-state index contributed by atoms with van der Waals surface area (Å²) in [5.74, 6) is 0. The number of hydrogen-bond acceptors (Lipinski definition) is 2. The van der Waals surface area contributed by atoms with Crippen molar-refractivity contribution < 1.29 is 10.2 Å². The molecular formula is C12H17O2. The van der Waals surface area contributed by atoms with Crippen molar-refractivity contribution in [3.05, 3.63) is 42.8 Å². The third-order valence-electron chi connectivity index (χ3n) is 2.36. The molecule has 77 valence electrons. The Hall–Kier alpha value is -0.860. The van der Waals surface area contributed by atoms with Gasteiger partial charge in [0.15, 0.2) is 0 Å². The monoisotopic (exact) mass is 193 g/mol. The summed E-state index contributed by atoms with van der Waals surface area (Å²) in [7, 11) is 0. The Bertz CT molecular complexity index is 267. The molecule has 2 N–H and O–H groups in total. The molecule has 1 aromatic carbocycles. The lowest BCUT2D eigenvalue weighted by Gasteiger charge is -2.24. The fourth-order valence-corrected chi connectivity index (χ4v) is 1.31. The third-order valence-corrected chi connectivity index (χ3v) is 2.36. The second kappa shape index (κ2) is 4.58. The largest absolute Gasteiger partial charge is 0.390 e. The van der Waals surface area contributed by atoms with Gasteiger partial charge in [0.2, 0.25) is 0 Å². The van der Waals surface area contributed by atoms with Crippen LogP contribution in [0.15, 0.2) is 30.3 Å². The molecule has 2 unspecified atom stereocenters. The van der Waals surface area contributed by atoms with E-state index >= 15 is 0 Å². The molecule has 0 heterocycles. The van der Waals surface area contributed by atoms with Gasteiger partial charge >= 0.3 is 0 Å². The molecule has 0 amide bonds. The summed E-state index contributed by atoms with van der Waals surface area (Å²) in [6.45, 7) is 5.33. The third kappa shape index (κ3) is 3.13. The molecule has 0 saturated carbocycles. The Morgan fingerprint density at radius 1 is 1.36 bits per heavy atom. The zero-order chi connectivity index (χ0) is 10.6. The number of hydrogen-bond donors (Lipinski definition) is 2. The van der Waals surface area contributed by atoms with Crippen LogP contribution in [0.5, 0.6) is 0 Å². The van der Waals surface area contributed by atoms with Gasteiger partial charge in [-0.2, -0.15) is 0 Å². The highest BCUT2D eigenvalue weighted by molar-refractivity contribution is 5.17. The average molecular weight is 193 g/mol. The van der Waals surface area contributed by atoms with E-state index < -0.39 is 11.7 Å². The van der Waals surface area contributed by atoms with E-state index in [-0.39, 0.29) is 0 Å². The Labute approximate surface area is 85.2 Å².